The van der Waals surface area contributed by atoms with Crippen LogP contribution in [0.5, 0.6) is 0 Å². The lowest BCUT2D eigenvalue weighted by molar-refractivity contribution is -0.137. The van der Waals surface area contributed by atoms with Gasteiger partial charge in [0.2, 0.25) is 0 Å². The van der Waals surface area contributed by atoms with Crippen molar-refractivity contribution in [3.8, 4) is 0 Å². The smallest absolute Gasteiger partial charge is 0.325 e. The lowest BCUT2D eigenvalue weighted by Crippen LogP contribution is -2.15. The van der Waals surface area contributed by atoms with Crippen LogP contribution in [0.25, 0.3) is 0 Å². The van der Waals surface area contributed by atoms with Gasteiger partial charge in [-0.1, -0.05) is 0 Å². The van der Waals surface area contributed by atoms with Crippen molar-refractivity contribution in [3.05, 3.63) is 23.8 Å². The number of aromatic amines is 1. The van der Waals surface area contributed by atoms with Crippen molar-refractivity contribution < 1.29 is 18.3 Å². The van der Waals surface area contributed by atoms with Crippen LogP contribution in [-0.2, 0) is 21.4 Å². The molecule has 0 aromatic carbocycles. The number of carbonyl (C=O) groups is 1. The highest BCUT2D eigenvalue weighted by Crippen LogP contribution is 2.22. The van der Waals surface area contributed by atoms with Crippen molar-refractivity contribution in [1.29, 1.82) is 0 Å². The van der Waals surface area contributed by atoms with Crippen LogP contribution in [0.1, 0.15) is 11.4 Å². The standard InChI is InChI=1S/C10H13N5O4S/c1-6-10(7(2)15(13-6)5-9(16)17)20(18,19)14-8-3-11-12-4-8/h3-4,14H,5H2,1-2H3,(H,11,12)(H,16,17). The minimum atomic E-state index is -3.85. The predicted molar refractivity (Wildman–Crippen MR) is 68.7 cm³/mol. The molecule has 0 aliphatic carbocycles. The molecule has 2 aromatic heterocycles. The SMILES string of the molecule is Cc1nn(CC(=O)O)c(C)c1S(=O)(=O)Nc1cn[nH]c1. The lowest BCUT2D eigenvalue weighted by atomic mass is 10.4. The van der Waals surface area contributed by atoms with E-state index in [0.29, 0.717) is 0 Å². The minimum absolute atomic E-state index is 0.0278. The highest BCUT2D eigenvalue weighted by Gasteiger charge is 2.25. The lowest BCUT2D eigenvalue weighted by Gasteiger charge is -2.06. The summed E-state index contributed by atoms with van der Waals surface area (Å²) in [6.07, 6.45) is 2.72. The van der Waals surface area contributed by atoms with E-state index in [-0.39, 0.29) is 22.0 Å². The van der Waals surface area contributed by atoms with Gasteiger partial charge in [-0.05, 0) is 13.8 Å². The number of nitrogens with one attached hydrogen (secondary N) is 2. The Morgan fingerprint density at radius 1 is 1.50 bits per heavy atom. The first kappa shape index (κ1) is 14.1. The Balaban J connectivity index is 2.41. The van der Waals surface area contributed by atoms with Crippen LogP contribution in [0.15, 0.2) is 17.3 Å². The predicted octanol–water partition coefficient (Wildman–Crippen LogP) is 0.108. The average Bonchev–Trinajstić information content (AvgIpc) is 2.87. The largest absolute Gasteiger partial charge is 0.480 e. The summed E-state index contributed by atoms with van der Waals surface area (Å²) in [5.41, 5.74) is 0.787. The summed E-state index contributed by atoms with van der Waals surface area (Å²) >= 11 is 0. The van der Waals surface area contributed by atoms with Crippen LogP contribution < -0.4 is 4.72 Å². The van der Waals surface area contributed by atoms with Gasteiger partial charge >= 0.3 is 5.97 Å². The number of hydrogen-bond donors (Lipinski definition) is 3. The molecule has 0 saturated carbocycles. The number of carboxylic acids is 1. The first-order valence-corrected chi connectivity index (χ1v) is 7.07. The Hall–Kier alpha value is -2.36. The van der Waals surface area contributed by atoms with E-state index in [0.717, 1.165) is 4.68 Å². The number of rotatable bonds is 5. The molecule has 0 aliphatic rings. The summed E-state index contributed by atoms with van der Waals surface area (Å²) in [4.78, 5) is 10.7. The van der Waals surface area contributed by atoms with Crippen molar-refractivity contribution in [2.24, 2.45) is 0 Å². The summed E-state index contributed by atoms with van der Waals surface area (Å²) < 4.78 is 28.1. The zero-order chi connectivity index (χ0) is 14.9. The third kappa shape index (κ3) is 2.64. The highest BCUT2D eigenvalue weighted by molar-refractivity contribution is 7.92. The highest BCUT2D eigenvalue weighted by atomic mass is 32.2. The van der Waals surface area contributed by atoms with E-state index in [4.69, 9.17) is 5.11 Å². The maximum Gasteiger partial charge on any atom is 0.325 e. The molecule has 108 valence electrons. The Labute approximate surface area is 114 Å². The molecule has 0 fully saturated rings. The van der Waals surface area contributed by atoms with Crippen LogP contribution in [0.4, 0.5) is 5.69 Å². The third-order valence-corrected chi connectivity index (χ3v) is 4.25. The second kappa shape index (κ2) is 4.96. The Bertz CT molecular complexity index is 732. The van der Waals surface area contributed by atoms with E-state index in [2.05, 4.69) is 20.0 Å². The van der Waals surface area contributed by atoms with Gasteiger partial charge in [-0.15, -0.1) is 0 Å². The van der Waals surface area contributed by atoms with Gasteiger partial charge in [0, 0.05) is 6.20 Å². The fraction of sp³-hybridized carbons (Fsp3) is 0.300. The van der Waals surface area contributed by atoms with E-state index < -0.39 is 22.5 Å². The quantitative estimate of drug-likeness (QED) is 0.718. The minimum Gasteiger partial charge on any atom is -0.480 e. The molecule has 2 aromatic rings. The molecule has 0 radical (unpaired) electrons. The number of H-pyrrole nitrogens is 1. The summed E-state index contributed by atoms with van der Waals surface area (Å²) in [5.74, 6) is -1.10. The van der Waals surface area contributed by atoms with Crippen molar-refractivity contribution in [2.75, 3.05) is 4.72 Å². The third-order valence-electron chi connectivity index (χ3n) is 2.62. The Morgan fingerprint density at radius 2 is 2.20 bits per heavy atom. The van der Waals surface area contributed by atoms with E-state index in [9.17, 15) is 13.2 Å². The van der Waals surface area contributed by atoms with Gasteiger partial charge in [-0.3, -0.25) is 19.3 Å². The Kier molecular flexibility index (Phi) is 3.49. The topological polar surface area (TPSA) is 130 Å². The maximum atomic E-state index is 12.3. The van der Waals surface area contributed by atoms with Gasteiger partial charge < -0.3 is 5.11 Å². The molecule has 0 unspecified atom stereocenters. The molecule has 0 spiro atoms. The average molecular weight is 299 g/mol. The molecular formula is C10H13N5O4S. The molecule has 0 amide bonds. The molecule has 9 nitrogen and oxygen atoms in total. The molecule has 0 aliphatic heterocycles. The van der Waals surface area contributed by atoms with Crippen molar-refractivity contribution in [1.82, 2.24) is 20.0 Å². The van der Waals surface area contributed by atoms with Crippen LogP contribution in [0, 0.1) is 13.8 Å². The monoisotopic (exact) mass is 299 g/mol. The molecule has 0 saturated heterocycles. The fourth-order valence-corrected chi connectivity index (χ4v) is 3.31. The molecule has 2 rings (SSSR count). The van der Waals surface area contributed by atoms with Gasteiger partial charge in [0.05, 0.1) is 23.3 Å². The zero-order valence-electron chi connectivity index (χ0n) is 10.8. The molecule has 0 atom stereocenters. The van der Waals surface area contributed by atoms with Gasteiger partial charge in [-0.25, -0.2) is 8.42 Å². The number of hydrogen-bond acceptors (Lipinski definition) is 5. The van der Waals surface area contributed by atoms with Crippen molar-refractivity contribution >= 4 is 21.7 Å². The van der Waals surface area contributed by atoms with E-state index >= 15 is 0 Å². The van der Waals surface area contributed by atoms with Crippen LogP contribution in [0.2, 0.25) is 0 Å². The Morgan fingerprint density at radius 3 is 2.75 bits per heavy atom. The van der Waals surface area contributed by atoms with Crippen molar-refractivity contribution in [3.63, 3.8) is 0 Å². The first-order chi connectivity index (χ1) is 9.31. The molecule has 0 bridgehead atoms. The van der Waals surface area contributed by atoms with E-state index in [1.165, 1.54) is 26.2 Å². The normalized spacial score (nSPS) is 11.5. The van der Waals surface area contributed by atoms with Crippen LogP contribution in [-0.4, -0.2) is 39.5 Å². The summed E-state index contributed by atoms with van der Waals surface area (Å²) in [6, 6.07) is 0. The second-order valence-electron chi connectivity index (χ2n) is 4.14. The van der Waals surface area contributed by atoms with Gasteiger partial charge in [-0.2, -0.15) is 10.2 Å². The summed E-state index contributed by atoms with van der Waals surface area (Å²) in [7, 11) is -3.85. The number of aryl methyl sites for hydroxylation is 1. The molecule has 2 heterocycles. The number of sulfonamides is 1. The number of aliphatic carboxylic acids is 1. The van der Waals surface area contributed by atoms with Gasteiger partial charge in [0.25, 0.3) is 10.0 Å². The number of aromatic nitrogens is 4. The molecular weight excluding hydrogens is 286 g/mol. The van der Waals surface area contributed by atoms with Crippen LogP contribution in [0.3, 0.4) is 0 Å². The first-order valence-electron chi connectivity index (χ1n) is 5.58. The molecule has 20 heavy (non-hydrogen) atoms. The number of carboxylic acid groups (broad SMARTS) is 1. The zero-order valence-corrected chi connectivity index (χ0v) is 11.6. The maximum absolute atomic E-state index is 12.3. The van der Waals surface area contributed by atoms with E-state index in [1.807, 2.05) is 0 Å². The van der Waals surface area contributed by atoms with E-state index in [1.54, 1.807) is 0 Å². The summed E-state index contributed by atoms with van der Waals surface area (Å²) in [6.45, 7) is 2.62. The summed E-state index contributed by atoms with van der Waals surface area (Å²) in [5, 5.41) is 18.8. The fourth-order valence-electron chi connectivity index (χ4n) is 1.86. The van der Waals surface area contributed by atoms with Crippen molar-refractivity contribution in [2.45, 2.75) is 25.3 Å². The molecule has 3 N–H and O–H groups in total. The second-order valence-corrected chi connectivity index (χ2v) is 5.76. The number of anilines is 1. The van der Waals surface area contributed by atoms with Gasteiger partial charge in [0.15, 0.2) is 0 Å². The molecule has 10 heteroatoms. The van der Waals surface area contributed by atoms with Gasteiger partial charge in [0.1, 0.15) is 11.4 Å². The number of nitrogens with zero attached hydrogens (tertiary/aromatic N) is 3. The van der Waals surface area contributed by atoms with Crippen LogP contribution >= 0.6 is 0 Å².